The molecule has 0 radical (unpaired) electrons. The van der Waals surface area contributed by atoms with Gasteiger partial charge in [-0.2, -0.15) is 0 Å². The predicted molar refractivity (Wildman–Crippen MR) is 112 cm³/mol. The number of carbonyl (C=O) groups excluding carboxylic acids is 1. The van der Waals surface area contributed by atoms with Crippen molar-refractivity contribution in [3.8, 4) is 11.4 Å². The summed E-state index contributed by atoms with van der Waals surface area (Å²) in [7, 11) is 0. The molecule has 2 aliphatic rings. The molecule has 1 atom stereocenters. The van der Waals surface area contributed by atoms with Crippen LogP contribution in [0.3, 0.4) is 0 Å². The van der Waals surface area contributed by atoms with E-state index in [4.69, 9.17) is 11.6 Å². The highest BCUT2D eigenvalue weighted by Gasteiger charge is 2.31. The molecule has 0 amide bonds. The van der Waals surface area contributed by atoms with Gasteiger partial charge in [-0.15, -0.1) is 5.10 Å². The van der Waals surface area contributed by atoms with Gasteiger partial charge in [-0.05, 0) is 67.0 Å². The molecular formula is C23H22ClN3O2. The highest BCUT2D eigenvalue weighted by Crippen LogP contribution is 2.37. The Morgan fingerprint density at radius 2 is 1.83 bits per heavy atom. The van der Waals surface area contributed by atoms with Crippen LogP contribution in [0.25, 0.3) is 11.4 Å². The Morgan fingerprint density at radius 3 is 2.59 bits per heavy atom. The summed E-state index contributed by atoms with van der Waals surface area (Å²) in [5, 5.41) is 5.17. The first-order chi connectivity index (χ1) is 14.1. The van der Waals surface area contributed by atoms with Gasteiger partial charge in [0.15, 0.2) is 11.6 Å². The normalized spacial score (nSPS) is 18.0. The predicted octanol–water partition coefficient (Wildman–Crippen LogP) is 4.39. The van der Waals surface area contributed by atoms with Crippen LogP contribution in [0.5, 0.6) is 0 Å². The van der Waals surface area contributed by atoms with Gasteiger partial charge in [-0.25, -0.2) is 9.48 Å². The summed E-state index contributed by atoms with van der Waals surface area (Å²) in [6.07, 6.45) is 4.41. The average Bonchev–Trinajstić information content (AvgIpc) is 3.40. The third-order valence-electron chi connectivity index (χ3n) is 5.94. The van der Waals surface area contributed by atoms with Crippen LogP contribution in [0, 0.1) is 0 Å². The number of rotatable bonds is 6. The van der Waals surface area contributed by atoms with Gasteiger partial charge in [0.2, 0.25) is 0 Å². The van der Waals surface area contributed by atoms with Crippen molar-refractivity contribution in [2.45, 2.75) is 50.6 Å². The van der Waals surface area contributed by atoms with Crippen LogP contribution >= 0.6 is 11.6 Å². The molecule has 0 saturated heterocycles. The maximum Gasteiger partial charge on any atom is 0.346 e. The molecule has 0 aliphatic heterocycles. The van der Waals surface area contributed by atoms with Gasteiger partial charge < -0.3 is 0 Å². The number of nitrogens with zero attached hydrogens (tertiary/aromatic N) is 3. The zero-order valence-electron chi connectivity index (χ0n) is 16.1. The Hall–Kier alpha value is -2.66. The van der Waals surface area contributed by atoms with E-state index in [0.29, 0.717) is 17.3 Å². The number of aryl methyl sites for hydroxylation is 1. The van der Waals surface area contributed by atoms with Gasteiger partial charge in [0.05, 0.1) is 0 Å². The largest absolute Gasteiger partial charge is 0.346 e. The molecule has 6 heteroatoms. The molecule has 2 aliphatic carbocycles. The molecule has 1 heterocycles. The van der Waals surface area contributed by atoms with Crippen LogP contribution in [-0.4, -0.2) is 20.1 Å². The van der Waals surface area contributed by atoms with E-state index in [-0.39, 0.29) is 30.0 Å². The van der Waals surface area contributed by atoms with Crippen LogP contribution in [0.4, 0.5) is 0 Å². The van der Waals surface area contributed by atoms with E-state index in [1.165, 1.54) is 15.8 Å². The van der Waals surface area contributed by atoms with Crippen molar-refractivity contribution in [1.82, 2.24) is 14.3 Å². The number of benzene rings is 2. The third kappa shape index (κ3) is 3.55. The second-order valence-electron chi connectivity index (χ2n) is 8.05. The van der Waals surface area contributed by atoms with E-state index in [0.717, 1.165) is 31.2 Å². The Labute approximate surface area is 173 Å². The number of carbonyl (C=O) groups is 1. The lowest BCUT2D eigenvalue weighted by molar-refractivity contribution is -0.120. The van der Waals surface area contributed by atoms with Crippen LogP contribution in [0.15, 0.2) is 53.3 Å². The summed E-state index contributed by atoms with van der Waals surface area (Å²) in [6, 6.07) is 15.8. The Morgan fingerprint density at radius 1 is 1.07 bits per heavy atom. The first-order valence-electron chi connectivity index (χ1n) is 10.1. The van der Waals surface area contributed by atoms with Crippen LogP contribution < -0.4 is 5.69 Å². The van der Waals surface area contributed by atoms with Gasteiger partial charge in [0.25, 0.3) is 0 Å². The standard InChI is InChI=1S/C23H22ClN3O2/c24-18-9-7-16(8-10-18)22-25-26(23(29)27(22)19-11-12-19)14-20(28)13-17-6-5-15-3-1-2-4-21(15)17/h1-4,7-10,17,19H,5-6,11-14H2. The summed E-state index contributed by atoms with van der Waals surface area (Å²) in [6.45, 7) is 0.0256. The zero-order valence-corrected chi connectivity index (χ0v) is 16.8. The number of Topliss-reactive ketones (excluding diaryl/α,β-unsaturated/α-hetero) is 1. The average molecular weight is 408 g/mol. The zero-order chi connectivity index (χ0) is 20.0. The fraction of sp³-hybridized carbons (Fsp3) is 0.348. The van der Waals surface area contributed by atoms with Gasteiger partial charge in [0.1, 0.15) is 6.54 Å². The van der Waals surface area contributed by atoms with Crippen molar-refractivity contribution < 1.29 is 4.79 Å². The van der Waals surface area contributed by atoms with Gasteiger partial charge in [0, 0.05) is 23.0 Å². The summed E-state index contributed by atoms with van der Waals surface area (Å²) < 4.78 is 3.08. The first-order valence-corrected chi connectivity index (χ1v) is 10.5. The molecule has 5 nitrogen and oxygen atoms in total. The smallest absolute Gasteiger partial charge is 0.298 e. The molecule has 29 heavy (non-hydrogen) atoms. The summed E-state index contributed by atoms with van der Waals surface area (Å²) >= 11 is 6.00. The fourth-order valence-electron chi connectivity index (χ4n) is 4.34. The van der Waals surface area contributed by atoms with Gasteiger partial charge in [-0.1, -0.05) is 35.9 Å². The highest BCUT2D eigenvalue weighted by molar-refractivity contribution is 6.30. The molecule has 0 spiro atoms. The minimum Gasteiger partial charge on any atom is -0.298 e. The number of ketones is 1. The maximum absolute atomic E-state index is 13.0. The molecule has 1 unspecified atom stereocenters. The molecule has 1 aromatic heterocycles. The van der Waals surface area contributed by atoms with E-state index >= 15 is 0 Å². The lowest BCUT2D eigenvalue weighted by Gasteiger charge is -2.10. The third-order valence-corrected chi connectivity index (χ3v) is 6.19. The van der Waals surface area contributed by atoms with Crippen LogP contribution in [-0.2, 0) is 17.8 Å². The Balaban J connectivity index is 1.39. The fourth-order valence-corrected chi connectivity index (χ4v) is 4.47. The van der Waals surface area contributed by atoms with Crippen molar-refractivity contribution >= 4 is 17.4 Å². The first kappa shape index (κ1) is 18.4. The Kier molecular flexibility index (Phi) is 4.63. The summed E-state index contributed by atoms with van der Waals surface area (Å²) in [5.41, 5.74) is 3.26. The number of aromatic nitrogens is 3. The highest BCUT2D eigenvalue weighted by atomic mass is 35.5. The van der Waals surface area contributed by atoms with Gasteiger partial charge in [-0.3, -0.25) is 9.36 Å². The maximum atomic E-state index is 13.0. The van der Waals surface area contributed by atoms with Crippen molar-refractivity contribution in [1.29, 1.82) is 0 Å². The number of hydrogen-bond acceptors (Lipinski definition) is 3. The summed E-state index contributed by atoms with van der Waals surface area (Å²) in [5.74, 6) is 0.917. The molecule has 3 aromatic rings. The Bertz CT molecular complexity index is 1130. The molecule has 0 bridgehead atoms. The summed E-state index contributed by atoms with van der Waals surface area (Å²) in [4.78, 5) is 25.8. The molecule has 1 saturated carbocycles. The van der Waals surface area contributed by atoms with Crippen LogP contribution in [0.1, 0.15) is 48.8 Å². The van der Waals surface area contributed by atoms with E-state index in [1.54, 1.807) is 16.7 Å². The monoisotopic (exact) mass is 407 g/mol. The van der Waals surface area contributed by atoms with Crippen molar-refractivity contribution in [2.75, 3.05) is 0 Å². The SMILES string of the molecule is O=C(CC1CCc2ccccc21)Cn1nc(-c2ccc(Cl)cc2)n(C2CC2)c1=O. The number of fused-ring (bicyclic) bond motifs is 1. The molecule has 2 aromatic carbocycles. The molecule has 148 valence electrons. The molecule has 1 fully saturated rings. The minimum atomic E-state index is -0.197. The van der Waals surface area contributed by atoms with E-state index in [2.05, 4.69) is 17.2 Å². The van der Waals surface area contributed by atoms with E-state index in [9.17, 15) is 9.59 Å². The lowest BCUT2D eigenvalue weighted by atomic mass is 9.96. The molecular weight excluding hydrogens is 386 g/mol. The van der Waals surface area contributed by atoms with Crippen molar-refractivity contribution in [2.24, 2.45) is 0 Å². The molecule has 5 rings (SSSR count). The van der Waals surface area contributed by atoms with E-state index in [1.807, 2.05) is 24.3 Å². The second-order valence-corrected chi connectivity index (χ2v) is 8.49. The second kappa shape index (κ2) is 7.30. The molecule has 0 N–H and O–H groups in total. The topological polar surface area (TPSA) is 56.9 Å². The van der Waals surface area contributed by atoms with E-state index < -0.39 is 0 Å². The lowest BCUT2D eigenvalue weighted by Crippen LogP contribution is -2.28. The minimum absolute atomic E-state index is 0.0256. The van der Waals surface area contributed by atoms with Crippen molar-refractivity contribution in [3.05, 3.63) is 75.2 Å². The number of halogens is 1. The quantitative estimate of drug-likeness (QED) is 0.609. The van der Waals surface area contributed by atoms with Crippen LogP contribution in [0.2, 0.25) is 5.02 Å². The van der Waals surface area contributed by atoms with Gasteiger partial charge >= 0.3 is 5.69 Å². The van der Waals surface area contributed by atoms with Crippen molar-refractivity contribution in [3.63, 3.8) is 0 Å². The number of hydrogen-bond donors (Lipinski definition) is 0.